The Morgan fingerprint density at radius 2 is 2.45 bits per heavy atom. The lowest BCUT2D eigenvalue weighted by atomic mass is 9.86. The molecule has 0 aliphatic carbocycles. The van der Waals surface area contributed by atoms with Gasteiger partial charge in [0.1, 0.15) is 4.88 Å². The molecule has 0 bridgehead atoms. The van der Waals surface area contributed by atoms with E-state index in [1.54, 1.807) is 6.33 Å². The van der Waals surface area contributed by atoms with Gasteiger partial charge in [-0.2, -0.15) is 0 Å². The second kappa shape index (κ2) is 5.03. The molecule has 1 aliphatic heterocycles. The summed E-state index contributed by atoms with van der Waals surface area (Å²) in [5.41, 5.74) is 2.03. The number of ether oxygens (including phenoxy) is 1. The number of aromatic nitrogens is 2. The van der Waals surface area contributed by atoms with Crippen molar-refractivity contribution in [2.45, 2.75) is 18.8 Å². The van der Waals surface area contributed by atoms with Crippen molar-refractivity contribution in [3.8, 4) is 5.69 Å². The summed E-state index contributed by atoms with van der Waals surface area (Å²) in [6.45, 7) is 4.16. The van der Waals surface area contributed by atoms with Crippen molar-refractivity contribution in [2.24, 2.45) is 0 Å². The van der Waals surface area contributed by atoms with Gasteiger partial charge in [0.15, 0.2) is 0 Å². The van der Waals surface area contributed by atoms with E-state index < -0.39 is 0 Å². The Hall–Kier alpha value is -1.66. The Morgan fingerprint density at radius 1 is 1.60 bits per heavy atom. The molecule has 3 heterocycles. The minimum atomic E-state index is -0.302. The van der Waals surface area contributed by atoms with Crippen LogP contribution in [0.15, 0.2) is 24.0 Å². The lowest BCUT2D eigenvalue weighted by Gasteiger charge is -2.24. The van der Waals surface area contributed by atoms with Crippen molar-refractivity contribution in [2.75, 3.05) is 20.2 Å². The van der Waals surface area contributed by atoms with Gasteiger partial charge in [0.25, 0.3) is 0 Å². The summed E-state index contributed by atoms with van der Waals surface area (Å²) < 4.78 is 6.86. The molecule has 1 aliphatic rings. The number of hydrogen-bond donors (Lipinski definition) is 1. The third-order valence-electron chi connectivity index (χ3n) is 3.90. The summed E-state index contributed by atoms with van der Waals surface area (Å²) in [5.74, 6) is -0.302. The fourth-order valence-corrected chi connectivity index (χ4v) is 3.51. The Morgan fingerprint density at radius 3 is 3.15 bits per heavy atom. The number of esters is 1. The number of nitrogens with one attached hydrogen (secondary N) is 1. The van der Waals surface area contributed by atoms with Crippen LogP contribution in [0.3, 0.4) is 0 Å². The molecule has 5 nitrogen and oxygen atoms in total. The minimum absolute atomic E-state index is 0.0474. The van der Waals surface area contributed by atoms with Crippen LogP contribution in [0.2, 0.25) is 0 Å². The highest BCUT2D eigenvalue weighted by molar-refractivity contribution is 7.12. The summed E-state index contributed by atoms with van der Waals surface area (Å²) >= 11 is 1.39. The fraction of sp³-hybridized carbons (Fsp3) is 0.429. The van der Waals surface area contributed by atoms with E-state index in [-0.39, 0.29) is 11.4 Å². The highest BCUT2D eigenvalue weighted by atomic mass is 32.1. The van der Waals surface area contributed by atoms with Gasteiger partial charge in [-0.1, -0.05) is 6.92 Å². The Bertz CT molecular complexity index is 626. The molecule has 0 saturated carbocycles. The predicted molar refractivity (Wildman–Crippen MR) is 77.6 cm³/mol. The SMILES string of the molecule is COC(=O)c1sccc1-n1cncc1C1(C)CCNC1. The van der Waals surface area contributed by atoms with Crippen LogP contribution < -0.4 is 5.32 Å². The van der Waals surface area contributed by atoms with Crippen LogP contribution in [-0.2, 0) is 10.2 Å². The smallest absolute Gasteiger partial charge is 0.350 e. The molecule has 1 N–H and O–H groups in total. The molecule has 1 unspecified atom stereocenters. The average Bonchev–Trinajstić information content (AvgIpc) is 3.16. The number of hydrogen-bond acceptors (Lipinski definition) is 5. The zero-order valence-corrected chi connectivity index (χ0v) is 12.4. The largest absolute Gasteiger partial charge is 0.465 e. The van der Waals surface area contributed by atoms with Gasteiger partial charge in [-0.05, 0) is 24.4 Å². The molecule has 6 heteroatoms. The van der Waals surface area contributed by atoms with E-state index in [9.17, 15) is 4.79 Å². The van der Waals surface area contributed by atoms with Gasteiger partial charge in [0.2, 0.25) is 0 Å². The van der Waals surface area contributed by atoms with Gasteiger partial charge < -0.3 is 14.6 Å². The average molecular weight is 291 g/mol. The van der Waals surface area contributed by atoms with Crippen LogP contribution in [0.5, 0.6) is 0 Å². The van der Waals surface area contributed by atoms with Crippen molar-refractivity contribution in [1.29, 1.82) is 0 Å². The standard InChI is InChI=1S/C14H17N3O2S/c1-14(4-5-15-8-14)11-7-16-9-17(11)10-3-6-20-12(10)13(18)19-2/h3,6-7,9,15H,4-5,8H2,1-2H3. The summed E-state index contributed by atoms with van der Waals surface area (Å²) in [6, 6.07) is 1.94. The Balaban J connectivity index is 2.06. The number of thiophene rings is 1. The number of imidazole rings is 1. The van der Waals surface area contributed by atoms with Gasteiger partial charge in [-0.25, -0.2) is 9.78 Å². The molecular formula is C14H17N3O2S. The first-order valence-electron chi connectivity index (χ1n) is 6.55. The number of carbonyl (C=O) groups excluding carboxylic acids is 1. The van der Waals surface area contributed by atoms with Crippen LogP contribution in [0, 0.1) is 0 Å². The van der Waals surface area contributed by atoms with Gasteiger partial charge in [-0.3, -0.25) is 0 Å². The van der Waals surface area contributed by atoms with Crippen LogP contribution in [-0.4, -0.2) is 35.7 Å². The van der Waals surface area contributed by atoms with Gasteiger partial charge in [0, 0.05) is 23.9 Å². The molecule has 106 valence electrons. The van der Waals surface area contributed by atoms with E-state index in [4.69, 9.17) is 4.74 Å². The molecule has 0 aromatic carbocycles. The van der Waals surface area contributed by atoms with Crippen LogP contribution >= 0.6 is 11.3 Å². The first-order chi connectivity index (χ1) is 9.65. The van der Waals surface area contributed by atoms with Crippen molar-refractivity contribution in [3.63, 3.8) is 0 Å². The van der Waals surface area contributed by atoms with E-state index in [0.29, 0.717) is 4.88 Å². The quantitative estimate of drug-likeness (QED) is 0.879. The van der Waals surface area contributed by atoms with E-state index >= 15 is 0 Å². The molecule has 3 rings (SSSR count). The fourth-order valence-electron chi connectivity index (χ4n) is 2.71. The molecule has 2 aromatic heterocycles. The van der Waals surface area contributed by atoms with Crippen molar-refractivity contribution >= 4 is 17.3 Å². The maximum Gasteiger partial charge on any atom is 0.350 e. The first-order valence-corrected chi connectivity index (χ1v) is 7.43. The second-order valence-corrected chi connectivity index (χ2v) is 6.18. The van der Waals surface area contributed by atoms with Gasteiger partial charge in [0.05, 0.1) is 19.1 Å². The lowest BCUT2D eigenvalue weighted by molar-refractivity contribution is 0.0606. The summed E-state index contributed by atoms with van der Waals surface area (Å²) in [4.78, 5) is 16.7. The zero-order chi connectivity index (χ0) is 14.2. The highest BCUT2D eigenvalue weighted by Crippen LogP contribution is 2.33. The van der Waals surface area contributed by atoms with Crippen LogP contribution in [0.25, 0.3) is 5.69 Å². The molecule has 0 spiro atoms. The van der Waals surface area contributed by atoms with E-state index in [0.717, 1.165) is 30.9 Å². The second-order valence-electron chi connectivity index (χ2n) is 5.26. The number of carbonyl (C=O) groups is 1. The number of methoxy groups -OCH3 is 1. The summed E-state index contributed by atoms with van der Waals surface area (Å²) in [6.07, 6.45) is 4.73. The predicted octanol–water partition coefficient (Wildman–Crippen LogP) is 1.97. The maximum absolute atomic E-state index is 11.8. The molecule has 1 fully saturated rings. The highest BCUT2D eigenvalue weighted by Gasteiger charge is 2.34. The van der Waals surface area contributed by atoms with Crippen LogP contribution in [0.4, 0.5) is 0 Å². The molecular weight excluding hydrogens is 274 g/mol. The topological polar surface area (TPSA) is 56.2 Å². The van der Waals surface area contributed by atoms with Crippen LogP contribution in [0.1, 0.15) is 28.7 Å². The normalized spacial score (nSPS) is 22.1. The molecule has 1 saturated heterocycles. The molecule has 0 radical (unpaired) electrons. The summed E-state index contributed by atoms with van der Waals surface area (Å²) in [5, 5.41) is 5.30. The third kappa shape index (κ3) is 2.05. The summed E-state index contributed by atoms with van der Waals surface area (Å²) in [7, 11) is 1.41. The minimum Gasteiger partial charge on any atom is -0.465 e. The number of rotatable bonds is 3. The van der Waals surface area contributed by atoms with Gasteiger partial charge in [-0.15, -0.1) is 11.3 Å². The number of nitrogens with zero attached hydrogens (tertiary/aromatic N) is 2. The molecule has 1 atom stereocenters. The van der Waals surface area contributed by atoms with E-state index in [1.807, 2.05) is 22.2 Å². The monoisotopic (exact) mass is 291 g/mol. The van der Waals surface area contributed by atoms with Gasteiger partial charge >= 0.3 is 5.97 Å². The Labute approximate surface area is 121 Å². The zero-order valence-electron chi connectivity index (χ0n) is 11.5. The van der Waals surface area contributed by atoms with E-state index in [2.05, 4.69) is 17.2 Å². The lowest BCUT2D eigenvalue weighted by Crippen LogP contribution is -2.27. The maximum atomic E-state index is 11.8. The van der Waals surface area contributed by atoms with E-state index in [1.165, 1.54) is 18.4 Å². The van der Waals surface area contributed by atoms with Crippen molar-refractivity contribution < 1.29 is 9.53 Å². The molecule has 0 amide bonds. The third-order valence-corrected chi connectivity index (χ3v) is 4.78. The first kappa shape index (κ1) is 13.3. The van der Waals surface area contributed by atoms with Crippen molar-refractivity contribution in [3.05, 3.63) is 34.5 Å². The van der Waals surface area contributed by atoms with Crippen molar-refractivity contribution in [1.82, 2.24) is 14.9 Å². The molecule has 20 heavy (non-hydrogen) atoms. The molecule has 2 aromatic rings. The Kier molecular flexibility index (Phi) is 3.35.